The van der Waals surface area contributed by atoms with Gasteiger partial charge in [-0.25, -0.2) is 9.97 Å². The molecule has 0 spiro atoms. The van der Waals surface area contributed by atoms with E-state index in [0.29, 0.717) is 28.6 Å². The van der Waals surface area contributed by atoms with Crippen molar-refractivity contribution in [1.82, 2.24) is 9.97 Å². The molecule has 3 heterocycles. The van der Waals surface area contributed by atoms with Gasteiger partial charge in [0.1, 0.15) is 5.82 Å². The van der Waals surface area contributed by atoms with Crippen LogP contribution in [0.15, 0.2) is 66.7 Å². The number of hydrogen-bond donors (Lipinski definition) is 1. The summed E-state index contributed by atoms with van der Waals surface area (Å²) in [6, 6.07) is 20.5. The first-order valence-corrected chi connectivity index (χ1v) is 9.22. The highest BCUT2D eigenvalue weighted by atomic mass is 16.7. The molecule has 0 bridgehead atoms. The summed E-state index contributed by atoms with van der Waals surface area (Å²) in [6.07, 6.45) is 0. The molecule has 2 aromatic carbocycles. The van der Waals surface area contributed by atoms with Gasteiger partial charge in [-0.2, -0.15) is 0 Å². The summed E-state index contributed by atoms with van der Waals surface area (Å²) in [6.45, 7) is 2.09. The Balaban J connectivity index is 1.60. The molecular formula is C23H17N3O3. The van der Waals surface area contributed by atoms with E-state index in [9.17, 15) is 4.79 Å². The Kier molecular flexibility index (Phi) is 4.09. The van der Waals surface area contributed by atoms with E-state index in [2.05, 4.69) is 10.3 Å². The van der Waals surface area contributed by atoms with Crippen LogP contribution < -0.4 is 14.8 Å². The summed E-state index contributed by atoms with van der Waals surface area (Å²) in [4.78, 5) is 22.2. The van der Waals surface area contributed by atoms with Crippen molar-refractivity contribution in [2.45, 2.75) is 6.92 Å². The number of anilines is 1. The van der Waals surface area contributed by atoms with Gasteiger partial charge in [-0.15, -0.1) is 0 Å². The van der Waals surface area contributed by atoms with Crippen LogP contribution in [0.1, 0.15) is 16.1 Å². The van der Waals surface area contributed by atoms with E-state index in [1.165, 1.54) is 0 Å². The zero-order valence-electron chi connectivity index (χ0n) is 15.7. The first kappa shape index (κ1) is 17.2. The van der Waals surface area contributed by atoms with Gasteiger partial charge in [-0.3, -0.25) is 4.79 Å². The van der Waals surface area contributed by atoms with Crippen LogP contribution in [0.4, 0.5) is 5.82 Å². The Hall–Kier alpha value is -3.93. The molecule has 1 amide bonds. The summed E-state index contributed by atoms with van der Waals surface area (Å²) < 4.78 is 10.9. The topological polar surface area (TPSA) is 73.3 Å². The number of para-hydroxylation sites is 1. The molecule has 1 aliphatic rings. The lowest BCUT2D eigenvalue weighted by Crippen LogP contribution is -2.14. The quantitative estimate of drug-likeness (QED) is 0.560. The lowest BCUT2D eigenvalue weighted by molar-refractivity contribution is 0.102. The highest BCUT2D eigenvalue weighted by molar-refractivity contribution is 6.12. The van der Waals surface area contributed by atoms with Crippen LogP contribution in [0.5, 0.6) is 11.5 Å². The minimum Gasteiger partial charge on any atom is -0.454 e. The van der Waals surface area contributed by atoms with Gasteiger partial charge in [0.25, 0.3) is 5.91 Å². The van der Waals surface area contributed by atoms with Gasteiger partial charge >= 0.3 is 0 Å². The second kappa shape index (κ2) is 6.91. The Morgan fingerprint density at radius 1 is 0.931 bits per heavy atom. The molecular weight excluding hydrogens is 366 g/mol. The van der Waals surface area contributed by atoms with E-state index in [0.717, 1.165) is 22.2 Å². The van der Waals surface area contributed by atoms with Gasteiger partial charge in [-0.05, 0) is 49.4 Å². The van der Waals surface area contributed by atoms with Crippen LogP contribution in [0.3, 0.4) is 0 Å². The van der Waals surface area contributed by atoms with E-state index in [4.69, 9.17) is 14.5 Å². The van der Waals surface area contributed by atoms with Crippen molar-refractivity contribution < 1.29 is 14.3 Å². The fourth-order valence-electron chi connectivity index (χ4n) is 3.36. The van der Waals surface area contributed by atoms with Gasteiger partial charge < -0.3 is 14.8 Å². The van der Waals surface area contributed by atoms with Gasteiger partial charge in [0.05, 0.1) is 16.8 Å². The van der Waals surface area contributed by atoms with Crippen LogP contribution in [-0.2, 0) is 0 Å². The molecule has 0 fully saturated rings. The van der Waals surface area contributed by atoms with Crippen molar-refractivity contribution in [2.75, 3.05) is 12.1 Å². The van der Waals surface area contributed by atoms with Crippen molar-refractivity contribution in [3.05, 3.63) is 78.0 Å². The molecule has 0 unspecified atom stereocenters. The molecule has 142 valence electrons. The molecule has 0 aliphatic carbocycles. The Bertz CT molecular complexity index is 1250. The SMILES string of the molecule is Cc1cccc(NC(=O)c2cc(-c3ccc4c(c3)OCO4)nc3ccccc23)n1. The number of fused-ring (bicyclic) bond motifs is 2. The van der Waals surface area contributed by atoms with Crippen molar-refractivity contribution in [3.63, 3.8) is 0 Å². The predicted octanol–water partition coefficient (Wildman–Crippen LogP) is 4.59. The number of aryl methyl sites for hydroxylation is 1. The number of carbonyl (C=O) groups excluding carboxylic acids is 1. The minimum atomic E-state index is -0.233. The Morgan fingerprint density at radius 2 is 1.79 bits per heavy atom. The average molecular weight is 383 g/mol. The molecule has 0 saturated heterocycles. The fraction of sp³-hybridized carbons (Fsp3) is 0.0870. The predicted molar refractivity (Wildman–Crippen MR) is 110 cm³/mol. The zero-order valence-corrected chi connectivity index (χ0v) is 15.7. The number of nitrogens with zero attached hydrogens (tertiary/aromatic N) is 2. The number of ether oxygens (including phenoxy) is 2. The highest BCUT2D eigenvalue weighted by Crippen LogP contribution is 2.36. The first-order valence-electron chi connectivity index (χ1n) is 9.22. The summed E-state index contributed by atoms with van der Waals surface area (Å²) in [5, 5.41) is 3.67. The highest BCUT2D eigenvalue weighted by Gasteiger charge is 2.18. The molecule has 1 aliphatic heterocycles. The molecule has 2 aromatic heterocycles. The minimum absolute atomic E-state index is 0.209. The van der Waals surface area contributed by atoms with Crippen LogP contribution in [0, 0.1) is 6.92 Å². The Labute approximate surface area is 167 Å². The molecule has 5 rings (SSSR count). The first-order chi connectivity index (χ1) is 14.2. The molecule has 1 N–H and O–H groups in total. The van der Waals surface area contributed by atoms with E-state index >= 15 is 0 Å². The average Bonchev–Trinajstić information content (AvgIpc) is 3.21. The Morgan fingerprint density at radius 3 is 2.69 bits per heavy atom. The number of hydrogen-bond acceptors (Lipinski definition) is 5. The number of benzene rings is 2. The van der Waals surface area contributed by atoms with E-state index in [1.807, 2.05) is 61.5 Å². The van der Waals surface area contributed by atoms with Crippen molar-refractivity contribution in [2.24, 2.45) is 0 Å². The smallest absolute Gasteiger partial charge is 0.257 e. The molecule has 4 aromatic rings. The van der Waals surface area contributed by atoms with Crippen LogP contribution in [-0.4, -0.2) is 22.7 Å². The van der Waals surface area contributed by atoms with Crippen molar-refractivity contribution in [1.29, 1.82) is 0 Å². The van der Waals surface area contributed by atoms with Gasteiger partial charge in [-0.1, -0.05) is 24.3 Å². The largest absolute Gasteiger partial charge is 0.454 e. The van der Waals surface area contributed by atoms with Gasteiger partial charge in [0.15, 0.2) is 11.5 Å². The summed E-state index contributed by atoms with van der Waals surface area (Å²) in [5.41, 5.74) is 3.65. The second-order valence-corrected chi connectivity index (χ2v) is 6.76. The third-order valence-corrected chi connectivity index (χ3v) is 4.76. The number of carbonyl (C=O) groups is 1. The number of nitrogens with one attached hydrogen (secondary N) is 1. The maximum Gasteiger partial charge on any atom is 0.257 e. The third-order valence-electron chi connectivity index (χ3n) is 4.76. The number of pyridine rings is 2. The maximum absolute atomic E-state index is 13.1. The number of rotatable bonds is 3. The molecule has 0 atom stereocenters. The molecule has 0 radical (unpaired) electrons. The van der Waals surface area contributed by atoms with Crippen LogP contribution in [0.25, 0.3) is 22.2 Å². The molecule has 29 heavy (non-hydrogen) atoms. The standard InChI is InChI=1S/C23H17N3O3/c1-14-5-4-8-22(24-14)26-23(27)17-12-19(25-18-7-3-2-6-16(17)18)15-9-10-20-21(11-15)29-13-28-20/h2-12H,13H2,1H3,(H,24,26,27). The lowest BCUT2D eigenvalue weighted by atomic mass is 10.0. The van der Waals surface area contributed by atoms with Crippen LogP contribution in [0.2, 0.25) is 0 Å². The van der Waals surface area contributed by atoms with Gasteiger partial charge in [0, 0.05) is 16.6 Å². The number of aromatic nitrogens is 2. The lowest BCUT2D eigenvalue weighted by Gasteiger charge is -2.11. The normalized spacial score (nSPS) is 12.2. The van der Waals surface area contributed by atoms with E-state index in [-0.39, 0.29) is 12.7 Å². The second-order valence-electron chi connectivity index (χ2n) is 6.76. The molecule has 6 nitrogen and oxygen atoms in total. The van der Waals surface area contributed by atoms with Crippen molar-refractivity contribution >= 4 is 22.6 Å². The zero-order chi connectivity index (χ0) is 19.8. The molecule has 0 saturated carbocycles. The molecule has 6 heteroatoms. The van der Waals surface area contributed by atoms with Gasteiger partial charge in [0.2, 0.25) is 6.79 Å². The summed E-state index contributed by atoms with van der Waals surface area (Å²) in [5.74, 6) is 1.66. The van der Waals surface area contributed by atoms with E-state index < -0.39 is 0 Å². The summed E-state index contributed by atoms with van der Waals surface area (Å²) >= 11 is 0. The fourth-order valence-corrected chi connectivity index (χ4v) is 3.36. The third kappa shape index (κ3) is 3.25. The van der Waals surface area contributed by atoms with E-state index in [1.54, 1.807) is 12.1 Å². The summed E-state index contributed by atoms with van der Waals surface area (Å²) in [7, 11) is 0. The monoisotopic (exact) mass is 383 g/mol. The van der Waals surface area contributed by atoms with Crippen LogP contribution >= 0.6 is 0 Å². The number of amides is 1. The van der Waals surface area contributed by atoms with Crippen molar-refractivity contribution in [3.8, 4) is 22.8 Å². The maximum atomic E-state index is 13.1.